The van der Waals surface area contributed by atoms with Gasteiger partial charge in [0.25, 0.3) is 5.91 Å². The number of hydrogen-bond donors (Lipinski definition) is 0. The predicted molar refractivity (Wildman–Crippen MR) is 142 cm³/mol. The Kier molecular flexibility index (Phi) is 7.67. The van der Waals surface area contributed by atoms with E-state index in [0.717, 1.165) is 29.8 Å². The van der Waals surface area contributed by atoms with E-state index in [1.54, 1.807) is 26.2 Å². The number of anilines is 1. The Hall–Kier alpha value is -4.09. The van der Waals surface area contributed by atoms with Crippen molar-refractivity contribution in [3.05, 3.63) is 94.8 Å². The van der Waals surface area contributed by atoms with Crippen LogP contribution in [0.2, 0.25) is 0 Å². The molecule has 0 radical (unpaired) electrons. The largest absolute Gasteiger partial charge is 0.416 e. The van der Waals surface area contributed by atoms with E-state index in [1.807, 2.05) is 17.0 Å². The zero-order chi connectivity index (χ0) is 30.4. The monoisotopic (exact) mass is 590 g/mol. The second kappa shape index (κ2) is 11.0. The van der Waals surface area contributed by atoms with Crippen molar-refractivity contribution < 1.29 is 35.9 Å². The number of hydrogen-bond acceptors (Lipinski definition) is 4. The van der Waals surface area contributed by atoms with Crippen molar-refractivity contribution in [2.75, 3.05) is 18.0 Å². The molecule has 6 nitrogen and oxygen atoms in total. The van der Waals surface area contributed by atoms with Crippen LogP contribution < -0.4 is 4.90 Å². The summed E-state index contributed by atoms with van der Waals surface area (Å²) in [4.78, 5) is 36.4. The second-order valence-corrected chi connectivity index (χ2v) is 10.8. The first-order valence-electron chi connectivity index (χ1n) is 13.4. The van der Waals surface area contributed by atoms with Gasteiger partial charge in [-0.1, -0.05) is 26.0 Å². The lowest BCUT2D eigenvalue weighted by Crippen LogP contribution is -2.71. The molecule has 1 saturated heterocycles. The van der Waals surface area contributed by atoms with Crippen molar-refractivity contribution in [2.24, 2.45) is 5.92 Å². The number of aromatic nitrogens is 1. The van der Waals surface area contributed by atoms with Gasteiger partial charge in [-0.15, -0.1) is 0 Å². The average molecular weight is 591 g/mol. The summed E-state index contributed by atoms with van der Waals surface area (Å²) < 4.78 is 80.1. The van der Waals surface area contributed by atoms with E-state index in [2.05, 4.69) is 4.98 Å². The first-order valence-corrected chi connectivity index (χ1v) is 13.4. The molecule has 2 aromatic carbocycles. The van der Waals surface area contributed by atoms with Crippen LogP contribution in [0.15, 0.2) is 67.0 Å². The predicted octanol–water partition coefficient (Wildman–Crippen LogP) is 6.02. The highest BCUT2D eigenvalue weighted by atomic mass is 19.4. The average Bonchev–Trinajstić information content (AvgIpc) is 2.93. The summed E-state index contributed by atoms with van der Waals surface area (Å²) in [6.45, 7) is 3.85. The molecule has 0 N–H and O–H groups in total. The molecule has 2 aliphatic heterocycles. The molecule has 42 heavy (non-hydrogen) atoms. The van der Waals surface area contributed by atoms with Gasteiger partial charge in [0.15, 0.2) is 0 Å². The van der Waals surface area contributed by atoms with E-state index in [0.29, 0.717) is 24.2 Å². The van der Waals surface area contributed by atoms with Crippen LogP contribution in [0.3, 0.4) is 0 Å². The van der Waals surface area contributed by atoms with Gasteiger partial charge in [-0.05, 0) is 65.9 Å². The third-order valence-corrected chi connectivity index (χ3v) is 7.70. The van der Waals surface area contributed by atoms with Crippen LogP contribution in [0, 0.1) is 5.92 Å². The smallest absolute Gasteiger partial charge is 0.349 e. The van der Waals surface area contributed by atoms with E-state index in [4.69, 9.17) is 0 Å². The van der Waals surface area contributed by atoms with Gasteiger partial charge in [-0.3, -0.25) is 14.6 Å². The van der Waals surface area contributed by atoms with E-state index in [-0.39, 0.29) is 18.7 Å². The number of alkyl halides is 6. The lowest BCUT2D eigenvalue weighted by atomic mass is 9.92. The highest BCUT2D eigenvalue weighted by Crippen LogP contribution is 2.40. The number of pyridine rings is 1. The quantitative estimate of drug-likeness (QED) is 0.330. The number of benzene rings is 2. The Morgan fingerprint density at radius 3 is 2.07 bits per heavy atom. The van der Waals surface area contributed by atoms with Crippen molar-refractivity contribution in [1.29, 1.82) is 0 Å². The van der Waals surface area contributed by atoms with Crippen LogP contribution in [-0.2, 0) is 30.1 Å². The van der Waals surface area contributed by atoms with Crippen molar-refractivity contribution in [2.45, 2.75) is 51.4 Å². The van der Waals surface area contributed by atoms with Crippen molar-refractivity contribution in [1.82, 2.24) is 14.8 Å². The first-order chi connectivity index (χ1) is 19.8. The molecule has 1 unspecified atom stereocenters. The third kappa shape index (κ3) is 5.66. The molecule has 3 aromatic rings. The molecule has 222 valence electrons. The molecule has 1 fully saturated rings. The normalized spacial score (nSPS) is 19.3. The maximum atomic E-state index is 13.9. The molecule has 0 aliphatic carbocycles. The van der Waals surface area contributed by atoms with Crippen LogP contribution in [0.5, 0.6) is 0 Å². The van der Waals surface area contributed by atoms with Crippen molar-refractivity contribution in [3.63, 3.8) is 0 Å². The molecule has 0 bridgehead atoms. The Balaban J connectivity index is 1.54. The van der Waals surface area contributed by atoms with Crippen molar-refractivity contribution in [3.8, 4) is 0 Å². The topological polar surface area (TPSA) is 56.8 Å². The number of nitrogens with zero attached hydrogens (tertiary/aromatic N) is 4. The lowest BCUT2D eigenvalue weighted by molar-refractivity contribution is -0.146. The summed E-state index contributed by atoms with van der Waals surface area (Å²) in [5.41, 5.74) is -0.170. The number of carbonyl (C=O) groups excluding carboxylic acids is 2. The highest BCUT2D eigenvalue weighted by molar-refractivity contribution is 6.05. The minimum Gasteiger partial charge on any atom is -0.349 e. The minimum absolute atomic E-state index is 0.0107. The highest BCUT2D eigenvalue weighted by Gasteiger charge is 2.50. The molecule has 2 aliphatic rings. The van der Waals surface area contributed by atoms with Gasteiger partial charge in [0, 0.05) is 25.5 Å². The number of carbonyl (C=O) groups is 2. The number of fused-ring (bicyclic) bond motifs is 2. The number of piperazine rings is 1. The van der Waals surface area contributed by atoms with Gasteiger partial charge in [0.1, 0.15) is 12.2 Å². The Labute approximate surface area is 238 Å². The van der Waals surface area contributed by atoms with Crippen molar-refractivity contribution >= 4 is 17.5 Å². The van der Waals surface area contributed by atoms with Gasteiger partial charge in [0.2, 0.25) is 5.91 Å². The second-order valence-electron chi connectivity index (χ2n) is 10.8. The summed E-state index contributed by atoms with van der Waals surface area (Å²) in [6, 6.07) is 10.3. The van der Waals surface area contributed by atoms with E-state index in [1.165, 1.54) is 28.0 Å². The lowest BCUT2D eigenvalue weighted by Gasteiger charge is -2.54. The van der Waals surface area contributed by atoms with Gasteiger partial charge in [-0.2, -0.15) is 26.3 Å². The fourth-order valence-electron chi connectivity index (χ4n) is 5.65. The van der Waals surface area contributed by atoms with E-state index < -0.39 is 53.4 Å². The minimum atomic E-state index is -4.67. The molecule has 1 aromatic heterocycles. The molecule has 12 heteroatoms. The molecule has 2 amide bonds. The molecule has 2 atom stereocenters. The maximum absolute atomic E-state index is 13.9. The van der Waals surface area contributed by atoms with Gasteiger partial charge < -0.3 is 14.7 Å². The van der Waals surface area contributed by atoms with Gasteiger partial charge in [-0.25, -0.2) is 0 Å². The molecule has 0 saturated carbocycles. The fraction of sp³-hybridized carbons (Fsp3) is 0.367. The summed E-state index contributed by atoms with van der Waals surface area (Å²) in [5, 5.41) is 0. The molecule has 5 rings (SSSR count). The third-order valence-electron chi connectivity index (χ3n) is 7.70. The Morgan fingerprint density at radius 2 is 1.48 bits per heavy atom. The summed E-state index contributed by atoms with van der Waals surface area (Å²) in [6.07, 6.45) is -6.12. The Bertz CT molecular complexity index is 1460. The number of rotatable bonds is 6. The van der Waals surface area contributed by atoms with Crippen LogP contribution in [-0.4, -0.2) is 51.9 Å². The summed E-state index contributed by atoms with van der Waals surface area (Å²) in [7, 11) is 0. The van der Waals surface area contributed by atoms with Gasteiger partial charge >= 0.3 is 12.4 Å². The SMILES string of the molecule is CC(C)[C@H]1C(=O)N(Cc2ccc(C(F)(F)F)cc2)CC2N(CCc3ccncc3)c3ccc(C(F)(F)F)cc3C(=O)N21. The molecular weight excluding hydrogens is 562 g/mol. The maximum Gasteiger partial charge on any atom is 0.416 e. The van der Waals surface area contributed by atoms with E-state index >= 15 is 0 Å². The molecule has 0 spiro atoms. The zero-order valence-corrected chi connectivity index (χ0v) is 22.8. The number of amides is 2. The Morgan fingerprint density at radius 1 is 0.857 bits per heavy atom. The van der Waals surface area contributed by atoms with Gasteiger partial charge in [0.05, 0.1) is 28.9 Å². The van der Waals surface area contributed by atoms with Crippen LogP contribution in [0.25, 0.3) is 0 Å². The molecular formula is C30H28F6N4O2. The first kappa shape index (κ1) is 29.4. The zero-order valence-electron chi connectivity index (χ0n) is 22.8. The van der Waals surface area contributed by atoms with Crippen LogP contribution in [0.4, 0.5) is 32.0 Å². The van der Waals surface area contributed by atoms with E-state index in [9.17, 15) is 35.9 Å². The van der Waals surface area contributed by atoms with Crippen LogP contribution in [0.1, 0.15) is 46.5 Å². The fourth-order valence-corrected chi connectivity index (χ4v) is 5.65. The summed E-state index contributed by atoms with van der Waals surface area (Å²) in [5.74, 6) is -1.48. The standard InChI is InChI=1S/C30H28F6N4O2/c1-18(2)26-28(42)38(16-20-3-5-21(6-4-20)29(31,32)33)17-25-39(14-11-19-9-12-37-13-10-19)24-8-7-22(30(34,35)36)15-23(24)27(41)40(25)26/h3-10,12-13,15,18,25-26H,11,14,16-17H2,1-2H3/t25?,26-/m0/s1. The summed E-state index contributed by atoms with van der Waals surface area (Å²) >= 11 is 0. The number of halogens is 6. The molecule has 3 heterocycles. The van der Waals surface area contributed by atoms with Crippen LogP contribution >= 0.6 is 0 Å².